The van der Waals surface area contributed by atoms with Crippen LogP contribution in [0, 0.1) is 17.3 Å². The Morgan fingerprint density at radius 3 is 2.43 bits per heavy atom. The van der Waals surface area contributed by atoms with Gasteiger partial charge in [0.15, 0.2) is 23.1 Å². The van der Waals surface area contributed by atoms with Crippen molar-refractivity contribution in [2.45, 2.75) is 45.8 Å². The van der Waals surface area contributed by atoms with E-state index in [9.17, 15) is 34.5 Å². The van der Waals surface area contributed by atoms with Crippen LogP contribution in [0.2, 0.25) is 5.02 Å². The van der Waals surface area contributed by atoms with Crippen LogP contribution in [0.4, 0.5) is 0 Å². The lowest BCUT2D eigenvalue weighted by molar-refractivity contribution is -0.157. The summed E-state index contributed by atoms with van der Waals surface area (Å²) in [6, 6.07) is 3.07. The van der Waals surface area contributed by atoms with Gasteiger partial charge in [-0.05, 0) is 29.5 Å². The molecular formula is C25H27ClN2O7. The van der Waals surface area contributed by atoms with Crippen LogP contribution in [-0.2, 0) is 27.3 Å². The van der Waals surface area contributed by atoms with Crippen molar-refractivity contribution in [3.05, 3.63) is 33.8 Å². The maximum atomic E-state index is 13.5. The summed E-state index contributed by atoms with van der Waals surface area (Å²) in [6.45, 7) is 6.98. The van der Waals surface area contributed by atoms with E-state index in [0.29, 0.717) is 12.1 Å². The van der Waals surface area contributed by atoms with Gasteiger partial charge in [-0.3, -0.25) is 19.2 Å². The first-order chi connectivity index (χ1) is 16.2. The number of amides is 1. The molecule has 2 aliphatic rings. The topological polar surface area (TPSA) is 167 Å². The van der Waals surface area contributed by atoms with Crippen LogP contribution in [0.3, 0.4) is 0 Å². The van der Waals surface area contributed by atoms with E-state index < -0.39 is 52.9 Å². The SMILES string of the molecule is CC(C)(C)CNCc1cc(Cl)c2cc3c(c(O)c2c1O)C(=O)[C@]1(O)C(=O)C(C(N)=O)C(=O)C[C@@H]1C3. The zero-order chi connectivity index (χ0) is 26.0. The van der Waals surface area contributed by atoms with Crippen LogP contribution >= 0.6 is 11.6 Å². The summed E-state index contributed by atoms with van der Waals surface area (Å²) in [7, 11) is 0. The number of benzene rings is 2. The van der Waals surface area contributed by atoms with E-state index in [-0.39, 0.29) is 51.1 Å². The summed E-state index contributed by atoms with van der Waals surface area (Å²) in [5, 5.41) is 36.9. The number of phenolic OH excluding ortho intramolecular Hbond substituents is 2. The second-order valence-corrected chi connectivity index (χ2v) is 11.0. The standard InChI is InChI=1S/C25H27ClN2O7/c1-24(2,3)9-28-8-11-6-14(26)13-5-10-4-12-7-15(29)18(23(27)34)22(33)25(12,35)21(32)16(10)20(31)17(13)19(11)30/h5-6,12,18,28,30-31,35H,4,7-9H2,1-3H3,(H2,27,34)/t12-,18?,25-/m0/s1. The third-order valence-corrected chi connectivity index (χ3v) is 7.09. The number of aromatic hydroxyl groups is 2. The molecule has 0 heterocycles. The van der Waals surface area contributed by atoms with E-state index in [4.69, 9.17) is 17.3 Å². The number of nitrogens with two attached hydrogens (primary N) is 1. The second kappa shape index (κ2) is 8.29. The Kier molecular flexibility index (Phi) is 5.94. The Labute approximate surface area is 206 Å². The predicted molar refractivity (Wildman–Crippen MR) is 127 cm³/mol. The molecule has 0 radical (unpaired) electrons. The Morgan fingerprint density at radius 1 is 1.17 bits per heavy atom. The third kappa shape index (κ3) is 3.87. The van der Waals surface area contributed by atoms with Crippen molar-refractivity contribution in [1.29, 1.82) is 0 Å². The molecule has 10 heteroatoms. The Morgan fingerprint density at radius 2 is 1.83 bits per heavy atom. The van der Waals surface area contributed by atoms with E-state index in [0.717, 1.165) is 0 Å². The minimum absolute atomic E-state index is 0.0213. The summed E-state index contributed by atoms with van der Waals surface area (Å²) in [4.78, 5) is 50.5. The maximum absolute atomic E-state index is 13.5. The molecule has 2 aliphatic carbocycles. The summed E-state index contributed by atoms with van der Waals surface area (Å²) in [5.74, 6) is -8.43. The lowest BCUT2D eigenvalue weighted by Gasteiger charge is -2.42. The zero-order valence-corrected chi connectivity index (χ0v) is 20.3. The van der Waals surface area contributed by atoms with Crippen molar-refractivity contribution in [1.82, 2.24) is 5.32 Å². The molecule has 1 unspecified atom stereocenters. The highest BCUT2D eigenvalue weighted by molar-refractivity contribution is 6.37. The van der Waals surface area contributed by atoms with E-state index in [2.05, 4.69) is 5.32 Å². The molecular weight excluding hydrogens is 476 g/mol. The smallest absolute Gasteiger partial charge is 0.235 e. The van der Waals surface area contributed by atoms with Gasteiger partial charge in [0.25, 0.3) is 0 Å². The van der Waals surface area contributed by atoms with Crippen LogP contribution in [0.15, 0.2) is 12.1 Å². The summed E-state index contributed by atoms with van der Waals surface area (Å²) >= 11 is 6.47. The van der Waals surface area contributed by atoms with Gasteiger partial charge in [0, 0.05) is 41.4 Å². The van der Waals surface area contributed by atoms with Gasteiger partial charge in [-0.25, -0.2) is 0 Å². The number of fused-ring (bicyclic) bond motifs is 3. The Bertz CT molecular complexity index is 1310. The molecule has 6 N–H and O–H groups in total. The number of halogens is 1. The molecule has 0 spiro atoms. The first-order valence-corrected chi connectivity index (χ1v) is 11.6. The molecule has 186 valence electrons. The zero-order valence-electron chi connectivity index (χ0n) is 19.6. The lowest BCUT2D eigenvalue weighted by atomic mass is 9.60. The van der Waals surface area contributed by atoms with Gasteiger partial charge in [0.2, 0.25) is 11.7 Å². The minimum atomic E-state index is -2.70. The van der Waals surface area contributed by atoms with E-state index in [1.54, 1.807) is 6.07 Å². The molecule has 35 heavy (non-hydrogen) atoms. The van der Waals surface area contributed by atoms with Gasteiger partial charge >= 0.3 is 0 Å². The molecule has 0 bridgehead atoms. The molecule has 0 saturated heterocycles. The summed E-state index contributed by atoms with van der Waals surface area (Å²) in [6.07, 6.45) is -0.507. The van der Waals surface area contributed by atoms with Crippen molar-refractivity contribution in [3.63, 3.8) is 0 Å². The quantitative estimate of drug-likeness (QED) is 0.394. The highest BCUT2D eigenvalue weighted by atomic mass is 35.5. The fourth-order valence-electron chi connectivity index (χ4n) is 5.07. The monoisotopic (exact) mass is 502 g/mol. The minimum Gasteiger partial charge on any atom is -0.507 e. The Hall–Kier alpha value is -3.01. The van der Waals surface area contributed by atoms with Crippen LogP contribution in [0.5, 0.6) is 11.5 Å². The van der Waals surface area contributed by atoms with E-state index in [1.165, 1.54) is 6.07 Å². The molecule has 2 aromatic rings. The van der Waals surface area contributed by atoms with Gasteiger partial charge in [-0.2, -0.15) is 0 Å². The van der Waals surface area contributed by atoms with Crippen LogP contribution in [-0.4, -0.2) is 50.7 Å². The normalized spacial score (nSPS) is 24.4. The molecule has 1 saturated carbocycles. The van der Waals surface area contributed by atoms with Crippen molar-refractivity contribution in [3.8, 4) is 11.5 Å². The molecule has 1 amide bonds. The van der Waals surface area contributed by atoms with Crippen molar-refractivity contribution >= 4 is 45.6 Å². The average Bonchev–Trinajstić information content (AvgIpc) is 2.73. The molecule has 3 atom stereocenters. The molecule has 0 aliphatic heterocycles. The van der Waals surface area contributed by atoms with Gasteiger partial charge < -0.3 is 26.4 Å². The first-order valence-electron chi connectivity index (χ1n) is 11.2. The largest absolute Gasteiger partial charge is 0.507 e. The fraction of sp³-hybridized carbons (Fsp3) is 0.440. The lowest BCUT2D eigenvalue weighted by Crippen LogP contribution is -2.64. The molecule has 4 rings (SSSR count). The van der Waals surface area contributed by atoms with E-state index in [1.807, 2.05) is 20.8 Å². The van der Waals surface area contributed by atoms with Gasteiger partial charge in [0.05, 0.1) is 10.9 Å². The maximum Gasteiger partial charge on any atom is 0.235 e. The highest BCUT2D eigenvalue weighted by Crippen LogP contribution is 2.49. The average molecular weight is 503 g/mol. The number of Topliss-reactive ketones (excluding diaryl/α,β-unsaturated/α-hetero) is 3. The van der Waals surface area contributed by atoms with Crippen LogP contribution in [0.25, 0.3) is 10.8 Å². The van der Waals surface area contributed by atoms with Crippen molar-refractivity contribution in [2.24, 2.45) is 23.0 Å². The van der Waals surface area contributed by atoms with Gasteiger partial charge in [-0.1, -0.05) is 32.4 Å². The number of aliphatic hydroxyl groups is 1. The van der Waals surface area contributed by atoms with Gasteiger partial charge in [-0.15, -0.1) is 0 Å². The fourth-order valence-corrected chi connectivity index (χ4v) is 5.35. The van der Waals surface area contributed by atoms with Crippen molar-refractivity contribution in [2.75, 3.05) is 6.54 Å². The number of ketones is 3. The first kappa shape index (κ1) is 25.1. The molecule has 1 fully saturated rings. The number of primary amides is 1. The third-order valence-electron chi connectivity index (χ3n) is 6.77. The number of nitrogens with one attached hydrogen (secondary N) is 1. The number of phenols is 2. The van der Waals surface area contributed by atoms with Crippen LogP contribution < -0.4 is 11.1 Å². The summed E-state index contributed by atoms with van der Waals surface area (Å²) < 4.78 is 0. The number of rotatable bonds is 4. The molecule has 2 aromatic carbocycles. The molecule has 0 aromatic heterocycles. The van der Waals surface area contributed by atoms with Crippen LogP contribution in [0.1, 0.15) is 48.7 Å². The van der Waals surface area contributed by atoms with Gasteiger partial charge in [0.1, 0.15) is 11.5 Å². The Balaban J connectivity index is 1.85. The highest BCUT2D eigenvalue weighted by Gasteiger charge is 2.62. The van der Waals surface area contributed by atoms with Crippen molar-refractivity contribution < 1.29 is 34.5 Å². The van der Waals surface area contributed by atoms with E-state index >= 15 is 0 Å². The second-order valence-electron chi connectivity index (χ2n) is 10.6. The number of hydrogen-bond donors (Lipinski definition) is 5. The number of hydrogen-bond acceptors (Lipinski definition) is 8. The number of carbonyl (C=O) groups is 4. The molecule has 9 nitrogen and oxygen atoms in total. The summed E-state index contributed by atoms with van der Waals surface area (Å²) in [5.41, 5.74) is 2.77. The number of carbonyl (C=O) groups excluding carboxylic acids is 4. The predicted octanol–water partition coefficient (Wildman–Crippen LogP) is 1.77.